The van der Waals surface area contributed by atoms with Gasteiger partial charge >= 0.3 is 6.09 Å². The van der Waals surface area contributed by atoms with Crippen LogP contribution in [0.3, 0.4) is 0 Å². The van der Waals surface area contributed by atoms with Crippen molar-refractivity contribution < 1.29 is 29.2 Å². The van der Waals surface area contributed by atoms with Crippen LogP contribution in [0.4, 0.5) is 10.6 Å². The molecule has 1 saturated carbocycles. The summed E-state index contributed by atoms with van der Waals surface area (Å²) < 4.78 is 18.1. The lowest BCUT2D eigenvalue weighted by Crippen LogP contribution is -2.39. The Hall–Kier alpha value is -2.54. The van der Waals surface area contributed by atoms with E-state index >= 15 is 0 Å². The van der Waals surface area contributed by atoms with Gasteiger partial charge in [0.1, 0.15) is 31.2 Å². The number of anilines is 1. The molecule has 12 nitrogen and oxygen atoms in total. The van der Waals surface area contributed by atoms with E-state index in [9.17, 15) is 15.0 Å². The van der Waals surface area contributed by atoms with Crippen molar-refractivity contribution in [1.82, 2.24) is 24.8 Å². The van der Waals surface area contributed by atoms with Crippen LogP contribution in [-0.4, -0.2) is 86.0 Å². The first-order valence-corrected chi connectivity index (χ1v) is 11.6. The average Bonchev–Trinajstić information content (AvgIpc) is 3.55. The zero-order chi connectivity index (χ0) is 22.8. The Labute approximate surface area is 190 Å². The van der Waals surface area contributed by atoms with Crippen LogP contribution in [0.25, 0.3) is 11.2 Å². The fourth-order valence-electron chi connectivity index (χ4n) is 4.70. The minimum absolute atomic E-state index is 0.120. The monoisotopic (exact) mass is 462 g/mol. The Morgan fingerprint density at radius 1 is 1.12 bits per heavy atom. The Morgan fingerprint density at radius 2 is 1.97 bits per heavy atom. The second-order valence-electron chi connectivity index (χ2n) is 8.88. The second kappa shape index (κ2) is 9.75. The van der Waals surface area contributed by atoms with E-state index < -0.39 is 30.6 Å². The molecule has 2 aromatic heterocycles. The van der Waals surface area contributed by atoms with Gasteiger partial charge in [0.15, 0.2) is 23.2 Å². The lowest BCUT2D eigenvalue weighted by Gasteiger charge is -2.23. The molecule has 1 aliphatic carbocycles. The van der Waals surface area contributed by atoms with Crippen LogP contribution in [0.2, 0.25) is 0 Å². The van der Waals surface area contributed by atoms with Gasteiger partial charge in [0.25, 0.3) is 0 Å². The van der Waals surface area contributed by atoms with E-state index in [1.807, 2.05) is 0 Å². The largest absolute Gasteiger partial charge is 0.447 e. The van der Waals surface area contributed by atoms with E-state index in [2.05, 4.69) is 25.6 Å². The molecular formula is C21H30N6O6. The van der Waals surface area contributed by atoms with Crippen molar-refractivity contribution in [2.45, 2.75) is 75.1 Å². The number of carbonyl (C=O) groups excluding carboxylic acids is 1. The van der Waals surface area contributed by atoms with Crippen LogP contribution < -0.4 is 10.6 Å². The molecule has 0 bridgehead atoms. The summed E-state index contributed by atoms with van der Waals surface area (Å²) in [6, 6.07) is 0.263. The second-order valence-corrected chi connectivity index (χ2v) is 8.88. The minimum Gasteiger partial charge on any atom is -0.447 e. The van der Waals surface area contributed by atoms with Gasteiger partial charge in [-0.1, -0.05) is 19.3 Å². The molecular weight excluding hydrogens is 432 g/mol. The van der Waals surface area contributed by atoms with E-state index in [0.717, 1.165) is 32.1 Å². The quantitative estimate of drug-likeness (QED) is 0.483. The number of aliphatic hydroxyl groups excluding tert-OH is 2. The van der Waals surface area contributed by atoms with Crippen molar-refractivity contribution in [3.63, 3.8) is 0 Å². The van der Waals surface area contributed by atoms with Crippen LogP contribution in [0.1, 0.15) is 44.8 Å². The number of aromatic nitrogens is 4. The molecule has 2 aromatic rings. The van der Waals surface area contributed by atoms with E-state index in [-0.39, 0.29) is 18.7 Å². The molecule has 180 valence electrons. The number of imidazole rings is 1. The zero-order valence-corrected chi connectivity index (χ0v) is 18.3. The first-order valence-electron chi connectivity index (χ1n) is 11.6. The minimum atomic E-state index is -1.24. The van der Waals surface area contributed by atoms with Crippen molar-refractivity contribution >= 4 is 23.1 Å². The third-order valence-electron chi connectivity index (χ3n) is 6.55. The summed E-state index contributed by atoms with van der Waals surface area (Å²) in [5.74, 6) is 0.571. The third kappa shape index (κ3) is 4.74. The molecule has 0 radical (unpaired) electrons. The van der Waals surface area contributed by atoms with E-state index in [4.69, 9.17) is 14.2 Å². The maximum absolute atomic E-state index is 12.1. The Balaban J connectivity index is 1.23. The van der Waals surface area contributed by atoms with Gasteiger partial charge in [0.2, 0.25) is 0 Å². The summed E-state index contributed by atoms with van der Waals surface area (Å²) in [5, 5.41) is 27.3. The summed E-state index contributed by atoms with van der Waals surface area (Å²) in [7, 11) is 0. The molecule has 1 amide bonds. The normalized spacial score (nSPS) is 30.5. The van der Waals surface area contributed by atoms with Gasteiger partial charge in [-0.2, -0.15) is 0 Å². The third-order valence-corrected chi connectivity index (χ3v) is 6.55. The summed E-state index contributed by atoms with van der Waals surface area (Å²) in [5.41, 5.74) is 0.987. The number of amides is 1. The molecule has 2 aliphatic heterocycles. The van der Waals surface area contributed by atoms with E-state index in [0.29, 0.717) is 30.2 Å². The highest BCUT2D eigenvalue weighted by atomic mass is 16.6. The highest BCUT2D eigenvalue weighted by Crippen LogP contribution is 2.32. The van der Waals surface area contributed by atoms with Crippen molar-refractivity contribution in [3.8, 4) is 0 Å². The number of nitrogens with zero attached hydrogens (tertiary/aromatic N) is 4. The molecule has 33 heavy (non-hydrogen) atoms. The summed E-state index contributed by atoms with van der Waals surface area (Å²) in [6.45, 7) is 1.12. The van der Waals surface area contributed by atoms with Crippen LogP contribution in [0, 0.1) is 0 Å². The first kappa shape index (κ1) is 22.3. The average molecular weight is 463 g/mol. The van der Waals surface area contributed by atoms with Crippen LogP contribution >= 0.6 is 0 Å². The van der Waals surface area contributed by atoms with Gasteiger partial charge in [0.05, 0.1) is 19.0 Å². The molecule has 2 saturated heterocycles. The number of alkyl carbamates (subject to hydrolysis) is 1. The molecule has 5 rings (SSSR count). The predicted molar refractivity (Wildman–Crippen MR) is 115 cm³/mol. The fourth-order valence-corrected chi connectivity index (χ4v) is 4.70. The fraction of sp³-hybridized carbons (Fsp3) is 0.714. The van der Waals surface area contributed by atoms with E-state index in [1.165, 1.54) is 19.1 Å². The highest BCUT2D eigenvalue weighted by Gasteiger charge is 2.45. The number of nitrogens with one attached hydrogen (secondary N) is 2. The molecule has 0 aromatic carbocycles. The first-order chi connectivity index (χ1) is 16.1. The lowest BCUT2D eigenvalue weighted by molar-refractivity contribution is -0.0535. The van der Waals surface area contributed by atoms with Crippen molar-refractivity contribution in [1.29, 1.82) is 0 Å². The number of ether oxygens (including phenoxy) is 3. The highest BCUT2D eigenvalue weighted by molar-refractivity contribution is 5.82. The molecule has 4 N–H and O–H groups in total. The predicted octanol–water partition coefficient (Wildman–Crippen LogP) is 0.705. The van der Waals surface area contributed by atoms with Gasteiger partial charge in [-0.25, -0.2) is 19.7 Å². The number of rotatable bonds is 6. The van der Waals surface area contributed by atoms with Gasteiger partial charge < -0.3 is 35.1 Å². The topological polar surface area (TPSA) is 153 Å². The van der Waals surface area contributed by atoms with Crippen LogP contribution in [0.5, 0.6) is 0 Å². The van der Waals surface area contributed by atoms with Gasteiger partial charge in [0, 0.05) is 12.6 Å². The summed E-state index contributed by atoms with van der Waals surface area (Å²) in [6.07, 6.45) is 4.22. The van der Waals surface area contributed by atoms with Crippen molar-refractivity contribution in [2.24, 2.45) is 0 Å². The van der Waals surface area contributed by atoms with E-state index in [1.54, 1.807) is 4.57 Å². The smallest absolute Gasteiger partial charge is 0.407 e. The zero-order valence-electron chi connectivity index (χ0n) is 18.3. The molecule has 3 fully saturated rings. The van der Waals surface area contributed by atoms with Crippen LogP contribution in [-0.2, 0) is 14.2 Å². The maximum Gasteiger partial charge on any atom is 0.407 e. The van der Waals surface area contributed by atoms with Crippen molar-refractivity contribution in [3.05, 3.63) is 12.7 Å². The maximum atomic E-state index is 12.1. The summed E-state index contributed by atoms with van der Waals surface area (Å²) >= 11 is 0. The summed E-state index contributed by atoms with van der Waals surface area (Å²) in [4.78, 5) is 25.1. The number of aliphatic hydroxyl groups is 2. The number of hydrogen-bond acceptors (Lipinski definition) is 10. The molecule has 0 spiro atoms. The number of hydrogen-bond donors (Lipinski definition) is 4. The molecule has 12 heteroatoms. The molecule has 3 aliphatic rings. The Morgan fingerprint density at radius 3 is 2.76 bits per heavy atom. The van der Waals surface area contributed by atoms with Gasteiger partial charge in [-0.05, 0) is 19.3 Å². The SMILES string of the molecule is O=C(NC1CCCCC1)OC[C@H]1OC(n2cnc3c(NC4CCOC4)ncnc32)C(O)[C@@H]1O. The Kier molecular flexibility index (Phi) is 6.58. The van der Waals surface area contributed by atoms with Crippen molar-refractivity contribution in [2.75, 3.05) is 25.1 Å². The van der Waals surface area contributed by atoms with Gasteiger partial charge in [-0.15, -0.1) is 0 Å². The molecule has 4 heterocycles. The number of fused-ring (bicyclic) bond motifs is 1. The number of carbonyl (C=O) groups is 1. The van der Waals surface area contributed by atoms with Gasteiger partial charge in [-0.3, -0.25) is 4.57 Å². The molecule has 5 atom stereocenters. The Bertz CT molecular complexity index is 960. The standard InChI is InChI=1S/C21H30N6O6/c28-16-14(9-32-21(30)26-12-4-2-1-3-5-12)33-20(17(16)29)27-11-24-15-18(22-10-23-19(15)27)25-13-6-7-31-8-13/h10-14,16-17,20,28-29H,1-9H2,(H,26,30)(H,22,23,25)/t13?,14-,16-,17?,20?/m1/s1. The molecule has 3 unspecified atom stereocenters. The van der Waals surface area contributed by atoms with Crippen LogP contribution in [0.15, 0.2) is 12.7 Å². The lowest BCUT2D eigenvalue weighted by atomic mass is 9.96.